The van der Waals surface area contributed by atoms with Crippen molar-refractivity contribution < 1.29 is 18.0 Å². The van der Waals surface area contributed by atoms with Crippen molar-refractivity contribution in [1.29, 1.82) is 0 Å². The van der Waals surface area contributed by atoms with E-state index in [9.17, 15) is 22.8 Å². The zero-order valence-corrected chi connectivity index (χ0v) is 12.8. The van der Waals surface area contributed by atoms with Crippen molar-refractivity contribution in [2.24, 2.45) is 23.5 Å². The number of nitrogens with two attached hydrogens (primary N) is 1. The van der Waals surface area contributed by atoms with Gasteiger partial charge >= 0.3 is 6.18 Å². The summed E-state index contributed by atoms with van der Waals surface area (Å²) in [5.41, 5.74) is 3.86. The molecule has 0 radical (unpaired) electrons. The van der Waals surface area contributed by atoms with Gasteiger partial charge in [-0.15, -0.1) is 12.4 Å². The van der Waals surface area contributed by atoms with Crippen molar-refractivity contribution in [3.63, 3.8) is 0 Å². The zero-order valence-electron chi connectivity index (χ0n) is 12.0. The van der Waals surface area contributed by atoms with Gasteiger partial charge in [-0.3, -0.25) is 9.59 Å². The molecule has 2 bridgehead atoms. The summed E-state index contributed by atoms with van der Waals surface area (Å²) in [5, 5.41) is 2.32. The smallest absolute Gasteiger partial charge is 0.327 e. The van der Waals surface area contributed by atoms with Gasteiger partial charge in [-0.1, -0.05) is 0 Å². The van der Waals surface area contributed by atoms with Gasteiger partial charge in [-0.2, -0.15) is 13.2 Å². The fraction of sp³-hybridized carbons (Fsp3) is 0.571. The maximum Gasteiger partial charge on any atom is 0.417 e. The van der Waals surface area contributed by atoms with E-state index in [2.05, 4.69) is 5.32 Å². The van der Waals surface area contributed by atoms with E-state index in [0.717, 1.165) is 19.3 Å². The molecule has 2 aliphatic carbocycles. The monoisotopic (exact) mass is 351 g/mol. The summed E-state index contributed by atoms with van der Waals surface area (Å²) in [7, 11) is 0. The second-order valence-corrected chi connectivity index (χ2v) is 6.05. The van der Waals surface area contributed by atoms with Gasteiger partial charge in [0, 0.05) is 12.2 Å². The Bertz CT molecular complexity index is 659. The molecular formula is C14H17ClF3N3O2. The molecule has 0 spiro atoms. The van der Waals surface area contributed by atoms with Crippen LogP contribution < -0.4 is 16.6 Å². The molecule has 9 heteroatoms. The number of hydrogen-bond acceptors (Lipinski definition) is 3. The molecule has 4 N–H and O–H groups in total. The van der Waals surface area contributed by atoms with E-state index in [4.69, 9.17) is 5.73 Å². The molecule has 128 valence electrons. The third-order valence-electron chi connectivity index (χ3n) is 4.77. The maximum absolute atomic E-state index is 12.7. The van der Waals surface area contributed by atoms with Gasteiger partial charge in [0.25, 0.3) is 5.56 Å². The fourth-order valence-electron chi connectivity index (χ4n) is 3.68. The van der Waals surface area contributed by atoms with Crippen molar-refractivity contribution >= 4 is 24.0 Å². The number of rotatable bonds is 2. The summed E-state index contributed by atoms with van der Waals surface area (Å²) in [5.74, 6) is -0.456. The Balaban J connectivity index is 0.00000192. The number of hydrogen-bond donors (Lipinski definition) is 3. The Labute approximate surface area is 136 Å². The average molecular weight is 352 g/mol. The summed E-state index contributed by atoms with van der Waals surface area (Å²) in [6, 6.07) is 0.360. The molecule has 23 heavy (non-hydrogen) atoms. The van der Waals surface area contributed by atoms with Crippen LogP contribution in [-0.2, 0) is 11.0 Å². The summed E-state index contributed by atoms with van der Waals surface area (Å²) in [6.45, 7) is 0. The first-order valence-corrected chi connectivity index (χ1v) is 7.13. The first-order chi connectivity index (χ1) is 10.3. The average Bonchev–Trinajstić information content (AvgIpc) is 3.00. The number of pyridine rings is 1. The predicted octanol–water partition coefficient (Wildman–Crippen LogP) is 2.13. The predicted molar refractivity (Wildman–Crippen MR) is 80.2 cm³/mol. The lowest BCUT2D eigenvalue weighted by molar-refractivity contribution is -0.137. The van der Waals surface area contributed by atoms with E-state index in [1.165, 1.54) is 0 Å². The fourth-order valence-corrected chi connectivity index (χ4v) is 3.68. The third-order valence-corrected chi connectivity index (χ3v) is 4.77. The van der Waals surface area contributed by atoms with Gasteiger partial charge in [0.1, 0.15) is 5.69 Å². The van der Waals surface area contributed by atoms with Gasteiger partial charge < -0.3 is 16.0 Å². The molecule has 0 saturated heterocycles. The van der Waals surface area contributed by atoms with Crippen LogP contribution in [0.5, 0.6) is 0 Å². The van der Waals surface area contributed by atoms with Crippen LogP contribution in [0.4, 0.5) is 18.9 Å². The Morgan fingerprint density at radius 2 is 1.96 bits per heavy atom. The van der Waals surface area contributed by atoms with Crippen LogP contribution in [-0.4, -0.2) is 16.9 Å². The molecular weight excluding hydrogens is 335 g/mol. The number of nitrogens with one attached hydrogen (secondary N) is 2. The highest BCUT2D eigenvalue weighted by molar-refractivity contribution is 5.93. The van der Waals surface area contributed by atoms with Gasteiger partial charge in [0.15, 0.2) is 0 Å². The van der Waals surface area contributed by atoms with E-state index in [-0.39, 0.29) is 24.4 Å². The van der Waals surface area contributed by atoms with Gasteiger partial charge in [0.2, 0.25) is 5.91 Å². The molecule has 1 amide bonds. The second-order valence-electron chi connectivity index (χ2n) is 6.05. The van der Waals surface area contributed by atoms with Crippen LogP contribution in [0.2, 0.25) is 0 Å². The first kappa shape index (κ1) is 17.8. The largest absolute Gasteiger partial charge is 0.417 e. The van der Waals surface area contributed by atoms with Crippen molar-refractivity contribution in [1.82, 2.24) is 4.98 Å². The number of anilines is 1. The summed E-state index contributed by atoms with van der Waals surface area (Å²) < 4.78 is 38.0. The lowest BCUT2D eigenvalue weighted by Crippen LogP contribution is -2.43. The minimum atomic E-state index is -4.59. The van der Waals surface area contributed by atoms with Crippen LogP contribution in [0.25, 0.3) is 0 Å². The lowest BCUT2D eigenvalue weighted by Gasteiger charge is -2.26. The molecule has 0 aromatic carbocycles. The van der Waals surface area contributed by atoms with E-state index < -0.39 is 34.8 Å². The quantitative estimate of drug-likeness (QED) is 0.762. The van der Waals surface area contributed by atoms with E-state index in [1.807, 2.05) is 4.98 Å². The van der Waals surface area contributed by atoms with Gasteiger partial charge in [-0.05, 0) is 37.2 Å². The van der Waals surface area contributed by atoms with Crippen LogP contribution in [0.1, 0.15) is 24.8 Å². The maximum atomic E-state index is 12.7. The number of carbonyl (C=O) groups is 1. The standard InChI is InChI=1S/C14H16F3N3O2.ClH/c15-14(16,17)8-4-9(12(21)19-5-8)20-13(22)10-6-1-2-7(3-6)11(10)18;/h4-7,10-11H,1-3,18H2,(H,19,21)(H,20,22);1H. The molecule has 5 nitrogen and oxygen atoms in total. The highest BCUT2D eigenvalue weighted by atomic mass is 35.5. The van der Waals surface area contributed by atoms with Crippen molar-refractivity contribution in [3.8, 4) is 0 Å². The van der Waals surface area contributed by atoms with E-state index in [1.54, 1.807) is 0 Å². The summed E-state index contributed by atoms with van der Waals surface area (Å²) >= 11 is 0. The number of aromatic nitrogens is 1. The van der Waals surface area contributed by atoms with Gasteiger partial charge in [0.05, 0.1) is 11.5 Å². The summed E-state index contributed by atoms with van der Waals surface area (Å²) in [6.07, 6.45) is -1.25. The molecule has 1 aromatic rings. The Kier molecular flexibility index (Phi) is 4.77. The minimum Gasteiger partial charge on any atom is -0.327 e. The zero-order chi connectivity index (χ0) is 16.1. The molecule has 1 heterocycles. The molecule has 2 saturated carbocycles. The minimum absolute atomic E-state index is 0. The lowest BCUT2D eigenvalue weighted by atomic mass is 9.84. The highest BCUT2D eigenvalue weighted by Crippen LogP contribution is 2.47. The number of H-pyrrole nitrogens is 1. The van der Waals surface area contributed by atoms with Crippen LogP contribution in [0.15, 0.2) is 17.1 Å². The molecule has 2 fully saturated rings. The van der Waals surface area contributed by atoms with Crippen LogP contribution in [0.3, 0.4) is 0 Å². The van der Waals surface area contributed by atoms with E-state index in [0.29, 0.717) is 18.2 Å². The number of carbonyl (C=O) groups excluding carboxylic acids is 1. The van der Waals surface area contributed by atoms with Gasteiger partial charge in [-0.25, -0.2) is 0 Å². The Morgan fingerprint density at radius 1 is 1.30 bits per heavy atom. The molecule has 4 atom stereocenters. The molecule has 2 aliphatic rings. The number of fused-ring (bicyclic) bond motifs is 2. The highest BCUT2D eigenvalue weighted by Gasteiger charge is 2.49. The van der Waals surface area contributed by atoms with Crippen LogP contribution >= 0.6 is 12.4 Å². The summed E-state index contributed by atoms with van der Waals surface area (Å²) in [4.78, 5) is 25.9. The number of alkyl halides is 3. The topological polar surface area (TPSA) is 88.0 Å². The van der Waals surface area contributed by atoms with Crippen molar-refractivity contribution in [3.05, 3.63) is 28.2 Å². The Hall–Kier alpha value is -1.54. The second kappa shape index (κ2) is 6.16. The number of halogens is 4. The third kappa shape index (κ3) is 3.23. The molecule has 1 aromatic heterocycles. The van der Waals surface area contributed by atoms with Crippen molar-refractivity contribution in [2.75, 3.05) is 5.32 Å². The Morgan fingerprint density at radius 3 is 2.52 bits per heavy atom. The molecule has 3 rings (SSSR count). The van der Waals surface area contributed by atoms with Crippen molar-refractivity contribution in [2.45, 2.75) is 31.5 Å². The molecule has 4 unspecified atom stereocenters. The van der Waals surface area contributed by atoms with E-state index >= 15 is 0 Å². The number of amides is 1. The SMILES string of the molecule is Cl.NC1C2CCC(C2)C1C(=O)Nc1cc(C(F)(F)F)c[nH]c1=O. The number of aromatic amines is 1. The molecule has 0 aliphatic heterocycles. The van der Waals surface area contributed by atoms with Crippen LogP contribution in [0, 0.1) is 17.8 Å². The first-order valence-electron chi connectivity index (χ1n) is 7.13. The normalized spacial score (nSPS) is 29.2.